The molecule has 0 fully saturated rings. The van der Waals surface area contributed by atoms with Gasteiger partial charge in [-0.05, 0) is 19.1 Å². The zero-order valence-electron chi connectivity index (χ0n) is 20.7. The number of aliphatic hydroxyl groups excluding tert-OH is 1. The van der Waals surface area contributed by atoms with E-state index < -0.39 is 11.5 Å². The predicted octanol–water partition coefficient (Wildman–Crippen LogP) is 0.138. The second-order valence-electron chi connectivity index (χ2n) is 8.75. The number of carboxylic acids is 1. The SMILES string of the molecule is COCCOCCOCCOc1ccc(C2=N[C@@](C)(C(=O)[O-])CS2)c(O)c1.C[N+](C)(C)CCO. The Labute approximate surface area is 206 Å². The fraction of sp³-hybridized carbons (Fsp3) is 0.652. The lowest BCUT2D eigenvalue weighted by atomic mass is 10.1. The largest absolute Gasteiger partial charge is 0.547 e. The fourth-order valence-corrected chi connectivity index (χ4v) is 3.70. The number of hydrogen-bond donors (Lipinski definition) is 2. The van der Waals surface area contributed by atoms with E-state index in [9.17, 15) is 15.0 Å². The molecule has 0 radical (unpaired) electrons. The summed E-state index contributed by atoms with van der Waals surface area (Å²) < 4.78 is 21.9. The first kappa shape index (κ1) is 30.1. The molecule has 2 N–H and O–H groups in total. The third-order valence-corrected chi connectivity index (χ3v) is 5.84. The van der Waals surface area contributed by atoms with Crippen LogP contribution in [0.15, 0.2) is 23.2 Å². The van der Waals surface area contributed by atoms with Crippen molar-refractivity contribution >= 4 is 22.8 Å². The summed E-state index contributed by atoms with van der Waals surface area (Å²) in [4.78, 5) is 15.3. The van der Waals surface area contributed by atoms with E-state index in [1.54, 1.807) is 19.2 Å². The molecule has 1 aliphatic heterocycles. The van der Waals surface area contributed by atoms with E-state index in [0.717, 1.165) is 11.0 Å². The lowest BCUT2D eigenvalue weighted by molar-refractivity contribution is -0.870. The number of carbonyl (C=O) groups is 1. The molecule has 34 heavy (non-hydrogen) atoms. The van der Waals surface area contributed by atoms with Crippen molar-refractivity contribution in [1.82, 2.24) is 0 Å². The topological polar surface area (TPSA) is 130 Å². The first-order valence-corrected chi connectivity index (χ1v) is 12.0. The van der Waals surface area contributed by atoms with Crippen molar-refractivity contribution in [2.24, 2.45) is 4.99 Å². The van der Waals surface area contributed by atoms with Crippen LogP contribution >= 0.6 is 11.8 Å². The first-order valence-electron chi connectivity index (χ1n) is 11.0. The Kier molecular flexibility index (Phi) is 13.5. The number of aliphatic hydroxyl groups is 1. The van der Waals surface area contributed by atoms with Gasteiger partial charge in [0, 0.05) is 24.5 Å². The molecule has 0 aliphatic carbocycles. The number of quaternary nitrogens is 1. The van der Waals surface area contributed by atoms with Crippen LogP contribution in [0.3, 0.4) is 0 Å². The van der Waals surface area contributed by atoms with Crippen LogP contribution in [0.2, 0.25) is 0 Å². The summed E-state index contributed by atoms with van der Waals surface area (Å²) in [7, 11) is 7.77. The number of methoxy groups -OCH3 is 1. The van der Waals surface area contributed by atoms with Crippen molar-refractivity contribution in [3.8, 4) is 11.5 Å². The summed E-state index contributed by atoms with van der Waals surface area (Å²) in [6, 6.07) is 4.82. The van der Waals surface area contributed by atoms with E-state index in [0.29, 0.717) is 56.0 Å². The van der Waals surface area contributed by atoms with Crippen LogP contribution in [0.25, 0.3) is 0 Å². The van der Waals surface area contributed by atoms with E-state index in [2.05, 4.69) is 26.1 Å². The van der Waals surface area contributed by atoms with Crippen molar-refractivity contribution < 1.29 is 43.5 Å². The Morgan fingerprint density at radius 2 is 1.76 bits per heavy atom. The molecule has 0 saturated heterocycles. The highest BCUT2D eigenvalue weighted by Crippen LogP contribution is 2.35. The van der Waals surface area contributed by atoms with Gasteiger partial charge in [0.15, 0.2) is 0 Å². The number of rotatable bonds is 14. The number of thioether (sulfide) groups is 1. The number of carboxylic acid groups (broad SMARTS) is 1. The van der Waals surface area contributed by atoms with Crippen LogP contribution in [-0.2, 0) is 19.0 Å². The minimum atomic E-state index is -1.27. The minimum Gasteiger partial charge on any atom is -0.547 e. The van der Waals surface area contributed by atoms with Gasteiger partial charge in [0.25, 0.3) is 0 Å². The second kappa shape index (κ2) is 15.2. The Hall–Kier alpha value is -1.89. The molecular weight excluding hydrogens is 464 g/mol. The summed E-state index contributed by atoms with van der Waals surface area (Å²) in [6.45, 7) is 5.38. The van der Waals surface area contributed by atoms with Crippen molar-refractivity contribution in [1.29, 1.82) is 0 Å². The van der Waals surface area contributed by atoms with Crippen molar-refractivity contribution in [2.45, 2.75) is 12.5 Å². The van der Waals surface area contributed by atoms with E-state index in [1.165, 1.54) is 24.8 Å². The summed E-state index contributed by atoms with van der Waals surface area (Å²) >= 11 is 1.27. The normalized spacial score (nSPS) is 17.6. The summed E-state index contributed by atoms with van der Waals surface area (Å²) in [5.41, 5.74) is -0.798. The molecule has 0 unspecified atom stereocenters. The minimum absolute atomic E-state index is 0.0196. The molecule has 1 atom stereocenters. The van der Waals surface area contributed by atoms with Crippen molar-refractivity contribution in [3.05, 3.63) is 23.8 Å². The van der Waals surface area contributed by atoms with Crippen LogP contribution in [-0.4, -0.2) is 118 Å². The molecule has 0 bridgehead atoms. The maximum atomic E-state index is 11.2. The van der Waals surface area contributed by atoms with Crippen LogP contribution in [0, 0.1) is 0 Å². The maximum Gasteiger partial charge on any atom is 0.129 e. The summed E-state index contributed by atoms with van der Waals surface area (Å²) in [6.07, 6.45) is 0. The molecule has 1 aliphatic rings. The van der Waals surface area contributed by atoms with Gasteiger partial charge in [0.05, 0.1) is 66.8 Å². The number of nitrogens with zero attached hydrogens (tertiary/aromatic N) is 2. The fourth-order valence-electron chi connectivity index (χ4n) is 2.50. The summed E-state index contributed by atoms with van der Waals surface area (Å²) in [5, 5.41) is 30.2. The highest BCUT2D eigenvalue weighted by molar-refractivity contribution is 8.14. The molecule has 0 spiro atoms. The molecule has 10 nitrogen and oxygen atoms in total. The Bertz CT molecular complexity index is 785. The number of likely N-dealkylation sites (N-methyl/N-ethyl adjacent to an activating group) is 1. The van der Waals surface area contributed by atoms with Crippen LogP contribution in [0.5, 0.6) is 11.5 Å². The van der Waals surface area contributed by atoms with Gasteiger partial charge < -0.3 is 43.5 Å². The number of aliphatic carboxylic acids is 1. The Morgan fingerprint density at radius 1 is 1.15 bits per heavy atom. The van der Waals surface area contributed by atoms with E-state index in [1.807, 2.05) is 0 Å². The molecule has 194 valence electrons. The van der Waals surface area contributed by atoms with Crippen LogP contribution in [0.4, 0.5) is 0 Å². The number of aromatic hydroxyl groups is 1. The van der Waals surface area contributed by atoms with Crippen molar-refractivity contribution in [2.75, 3.05) is 86.8 Å². The molecule has 0 aromatic heterocycles. The maximum absolute atomic E-state index is 11.2. The highest BCUT2D eigenvalue weighted by Gasteiger charge is 2.33. The monoisotopic (exact) mass is 502 g/mol. The lowest BCUT2D eigenvalue weighted by Gasteiger charge is -2.21. The molecule has 1 aromatic carbocycles. The summed E-state index contributed by atoms with van der Waals surface area (Å²) in [5.74, 6) is -0.487. The average molecular weight is 503 g/mol. The number of phenols is 1. The number of benzene rings is 1. The molecule has 0 saturated carbocycles. The van der Waals surface area contributed by atoms with Crippen LogP contribution < -0.4 is 9.84 Å². The Balaban J connectivity index is 0.000000718. The quantitative estimate of drug-likeness (QED) is 0.269. The number of aliphatic imine (C=N–C) groups is 1. The number of phenolic OH excluding ortho intramolecular Hbond substituents is 1. The van der Waals surface area contributed by atoms with Gasteiger partial charge in [0.1, 0.15) is 35.2 Å². The predicted molar refractivity (Wildman–Crippen MR) is 130 cm³/mol. The number of ether oxygens (including phenoxy) is 4. The van der Waals surface area contributed by atoms with Crippen molar-refractivity contribution in [3.63, 3.8) is 0 Å². The lowest BCUT2D eigenvalue weighted by Crippen LogP contribution is -2.45. The molecule has 11 heteroatoms. The van der Waals surface area contributed by atoms with Gasteiger partial charge in [-0.15, -0.1) is 11.8 Å². The second-order valence-corrected chi connectivity index (χ2v) is 9.71. The smallest absolute Gasteiger partial charge is 0.129 e. The van der Waals surface area contributed by atoms with Gasteiger partial charge >= 0.3 is 0 Å². The van der Waals surface area contributed by atoms with Gasteiger partial charge in [-0.2, -0.15) is 0 Å². The molecule has 1 aromatic rings. The number of carbonyl (C=O) groups excluding carboxylic acids is 1. The van der Waals surface area contributed by atoms with Gasteiger partial charge in [-0.3, -0.25) is 4.99 Å². The third kappa shape index (κ3) is 11.5. The average Bonchev–Trinajstić information content (AvgIpc) is 3.15. The third-order valence-electron chi connectivity index (χ3n) is 4.55. The van der Waals surface area contributed by atoms with E-state index in [-0.39, 0.29) is 18.1 Å². The molecule has 2 rings (SSSR count). The molecule has 0 amide bonds. The molecular formula is C23H38N2O8S. The van der Waals surface area contributed by atoms with E-state index in [4.69, 9.17) is 24.1 Å². The Morgan fingerprint density at radius 3 is 2.24 bits per heavy atom. The van der Waals surface area contributed by atoms with E-state index >= 15 is 0 Å². The zero-order valence-corrected chi connectivity index (χ0v) is 21.6. The first-order chi connectivity index (χ1) is 16.0. The number of hydrogen-bond acceptors (Lipinski definition) is 10. The molecule has 1 heterocycles. The van der Waals surface area contributed by atoms with Crippen LogP contribution in [0.1, 0.15) is 12.5 Å². The standard InChI is InChI=1S/C18H25NO7S.C5H14NO/c1-18(17(21)22)12-27-16(19-18)14-4-3-13(11-15(14)20)26-10-9-25-8-7-24-6-5-23-2;1-6(2,3)4-5-7/h3-4,11,20H,5-10,12H2,1-2H3,(H,21,22);7H,4-5H2,1-3H3/q;+1/p-1/t18-;/m1./s1. The van der Waals surface area contributed by atoms with Gasteiger partial charge in [0.2, 0.25) is 0 Å². The van der Waals surface area contributed by atoms with Gasteiger partial charge in [-0.25, -0.2) is 0 Å². The van der Waals surface area contributed by atoms with Gasteiger partial charge in [-0.1, -0.05) is 0 Å². The highest BCUT2D eigenvalue weighted by atomic mass is 32.2. The zero-order chi connectivity index (χ0) is 25.6.